The van der Waals surface area contributed by atoms with E-state index in [1.54, 1.807) is 13.0 Å². The van der Waals surface area contributed by atoms with Crippen molar-refractivity contribution in [3.63, 3.8) is 0 Å². The zero-order chi connectivity index (χ0) is 24.7. The van der Waals surface area contributed by atoms with E-state index in [0.29, 0.717) is 51.8 Å². The van der Waals surface area contributed by atoms with Gasteiger partial charge in [-0.1, -0.05) is 0 Å². The van der Waals surface area contributed by atoms with Gasteiger partial charge >= 0.3 is 6.09 Å². The summed E-state index contributed by atoms with van der Waals surface area (Å²) < 4.78 is 19.9. The minimum absolute atomic E-state index is 0.0757. The van der Waals surface area contributed by atoms with Gasteiger partial charge < -0.3 is 30.2 Å². The maximum atomic E-state index is 14.0. The molecule has 3 heterocycles. The number of aromatic nitrogens is 3. The molecule has 2 aromatic heterocycles. The van der Waals surface area contributed by atoms with E-state index in [2.05, 4.69) is 20.3 Å². The van der Waals surface area contributed by atoms with Crippen molar-refractivity contribution in [2.75, 3.05) is 19.7 Å². The number of hydrogen-bond donors (Lipinski definition) is 4. The number of benzene rings is 1. The Bertz CT molecular complexity index is 1290. The van der Waals surface area contributed by atoms with Crippen LogP contribution in [0.4, 0.5) is 9.18 Å². The predicted octanol–water partition coefficient (Wildman–Crippen LogP) is 2.70. The number of nitrogens with one attached hydrogen (secondary N) is 2. The quantitative estimate of drug-likeness (QED) is 0.422. The van der Waals surface area contributed by atoms with Gasteiger partial charge in [0, 0.05) is 23.9 Å². The van der Waals surface area contributed by atoms with Crippen LogP contribution < -0.4 is 10.1 Å². The summed E-state index contributed by atoms with van der Waals surface area (Å²) in [5.41, 5.74) is 2.83. The topological polar surface area (TPSA) is 141 Å². The Hall–Kier alpha value is -3.73. The molecule has 2 unspecified atom stereocenters. The third-order valence-corrected chi connectivity index (χ3v) is 6.54. The highest BCUT2D eigenvalue weighted by molar-refractivity contribution is 6.09. The molecule has 35 heavy (non-hydrogen) atoms. The first-order valence-corrected chi connectivity index (χ1v) is 11.5. The Labute approximate surface area is 200 Å². The van der Waals surface area contributed by atoms with Crippen LogP contribution in [0, 0.1) is 18.7 Å². The number of carbonyl (C=O) groups is 2. The smallest absolute Gasteiger partial charge is 0.407 e. The van der Waals surface area contributed by atoms with Crippen molar-refractivity contribution < 1.29 is 28.9 Å². The highest BCUT2D eigenvalue weighted by Gasteiger charge is 2.32. The average Bonchev–Trinajstić information content (AvgIpc) is 3.58. The van der Waals surface area contributed by atoms with Crippen molar-refractivity contribution in [1.29, 1.82) is 0 Å². The summed E-state index contributed by atoms with van der Waals surface area (Å²) in [7, 11) is 0. The highest BCUT2D eigenvalue weighted by Crippen LogP contribution is 2.36. The van der Waals surface area contributed by atoms with E-state index in [0.717, 1.165) is 17.7 Å². The molecule has 1 aliphatic carbocycles. The summed E-state index contributed by atoms with van der Waals surface area (Å²) in [5.74, 6) is 0.0105. The average molecular weight is 484 g/mol. The van der Waals surface area contributed by atoms with Crippen LogP contribution in [-0.2, 0) is 0 Å². The molecule has 2 atom stereocenters. The Kier molecular flexibility index (Phi) is 6.01. The van der Waals surface area contributed by atoms with E-state index in [1.807, 2.05) is 0 Å². The van der Waals surface area contributed by atoms with Crippen molar-refractivity contribution in [3.8, 4) is 17.0 Å². The molecule has 11 heteroatoms. The zero-order valence-electron chi connectivity index (χ0n) is 19.1. The van der Waals surface area contributed by atoms with E-state index < -0.39 is 30.0 Å². The number of likely N-dealkylation sites (tertiary alicyclic amines) is 1. The molecule has 1 aliphatic heterocycles. The molecule has 0 bridgehead atoms. The largest absolute Gasteiger partial charge is 0.492 e. The number of carboxylic acid groups (broad SMARTS) is 1. The van der Waals surface area contributed by atoms with Gasteiger partial charge in [-0.25, -0.2) is 19.2 Å². The number of aliphatic hydroxyl groups excluding tert-OH is 1. The van der Waals surface area contributed by atoms with E-state index in [4.69, 9.17) is 9.84 Å². The second-order valence-electron chi connectivity index (χ2n) is 9.13. The number of β-amino-alcohol motifs (C(OH)–C–C–N with tert-alkyl or cyclic N) is 1. The van der Waals surface area contributed by atoms with Gasteiger partial charge in [-0.2, -0.15) is 0 Å². The van der Waals surface area contributed by atoms with Gasteiger partial charge in [-0.3, -0.25) is 4.79 Å². The fourth-order valence-electron chi connectivity index (χ4n) is 4.42. The number of hydrogen-bond acceptors (Lipinski definition) is 6. The molecule has 184 valence electrons. The standard InChI is InChI=1S/C24H26FN5O5/c1-12-19(23(32)29-16-6-7-30(24(33)34)9-17(16)31)21-22(28-12)20(26-11-27-21)15-5-4-14(25)8-18(15)35-10-13-2-3-13/h4-5,8,11,13,16-17,28,31H,2-3,6-7,9-10H2,1H3,(H,29,32)(H,33,34). The number of amides is 2. The minimum atomic E-state index is -1.10. The van der Waals surface area contributed by atoms with Crippen LogP contribution >= 0.6 is 0 Å². The summed E-state index contributed by atoms with van der Waals surface area (Å²) in [5, 5.41) is 22.3. The van der Waals surface area contributed by atoms with Gasteiger partial charge in [-0.05, 0) is 44.2 Å². The van der Waals surface area contributed by atoms with Crippen LogP contribution in [0.15, 0.2) is 24.5 Å². The number of nitrogens with zero attached hydrogens (tertiary/aromatic N) is 3. The van der Waals surface area contributed by atoms with Crippen LogP contribution in [0.2, 0.25) is 0 Å². The van der Waals surface area contributed by atoms with Crippen LogP contribution in [0.1, 0.15) is 35.3 Å². The minimum Gasteiger partial charge on any atom is -0.492 e. The van der Waals surface area contributed by atoms with Gasteiger partial charge in [0.15, 0.2) is 0 Å². The number of aliphatic hydroxyl groups is 1. The van der Waals surface area contributed by atoms with Gasteiger partial charge in [0.2, 0.25) is 0 Å². The van der Waals surface area contributed by atoms with Crippen molar-refractivity contribution >= 4 is 23.0 Å². The maximum absolute atomic E-state index is 14.0. The third-order valence-electron chi connectivity index (χ3n) is 6.54. The third kappa shape index (κ3) is 4.63. The lowest BCUT2D eigenvalue weighted by Crippen LogP contribution is -2.55. The first-order valence-electron chi connectivity index (χ1n) is 11.5. The number of fused-ring (bicyclic) bond motifs is 1. The SMILES string of the molecule is Cc1[nH]c2c(-c3ccc(F)cc3OCC3CC3)ncnc2c1C(=O)NC1CCN(C(=O)O)CC1O. The summed E-state index contributed by atoms with van der Waals surface area (Å²) in [6.45, 7) is 2.38. The number of aryl methyl sites for hydroxylation is 1. The summed E-state index contributed by atoms with van der Waals surface area (Å²) in [6, 6.07) is 3.67. The molecule has 3 aromatic rings. The Morgan fingerprint density at radius 2 is 2.09 bits per heavy atom. The number of halogens is 1. The van der Waals surface area contributed by atoms with Crippen LogP contribution in [0.5, 0.6) is 5.75 Å². The number of carbonyl (C=O) groups excluding carboxylic acids is 1. The van der Waals surface area contributed by atoms with E-state index in [1.165, 1.54) is 18.5 Å². The van der Waals surface area contributed by atoms with Crippen LogP contribution in [0.3, 0.4) is 0 Å². The first kappa shape index (κ1) is 23.0. The Balaban J connectivity index is 1.44. The monoisotopic (exact) mass is 483 g/mol. The first-order chi connectivity index (χ1) is 16.8. The molecule has 1 aromatic carbocycles. The van der Waals surface area contributed by atoms with Crippen LogP contribution in [0.25, 0.3) is 22.3 Å². The van der Waals surface area contributed by atoms with Crippen molar-refractivity contribution in [1.82, 2.24) is 25.2 Å². The van der Waals surface area contributed by atoms with Gasteiger partial charge in [-0.15, -0.1) is 0 Å². The molecule has 5 rings (SSSR count). The van der Waals surface area contributed by atoms with E-state index in [9.17, 15) is 19.1 Å². The summed E-state index contributed by atoms with van der Waals surface area (Å²) in [4.78, 5) is 37.4. The molecule has 2 amide bonds. The molecule has 1 saturated heterocycles. The molecule has 1 saturated carbocycles. The normalized spacial score (nSPS) is 20.1. The number of ether oxygens (including phenoxy) is 1. The number of H-pyrrole nitrogens is 1. The van der Waals surface area contributed by atoms with Crippen molar-refractivity contribution in [3.05, 3.63) is 41.6 Å². The molecular weight excluding hydrogens is 457 g/mol. The van der Waals surface area contributed by atoms with Crippen LogP contribution in [-0.4, -0.2) is 73.9 Å². The lowest BCUT2D eigenvalue weighted by atomic mass is 10.0. The van der Waals surface area contributed by atoms with Gasteiger partial charge in [0.05, 0.1) is 36.4 Å². The second-order valence-corrected chi connectivity index (χ2v) is 9.13. The van der Waals surface area contributed by atoms with E-state index >= 15 is 0 Å². The highest BCUT2D eigenvalue weighted by atomic mass is 19.1. The lowest BCUT2D eigenvalue weighted by molar-refractivity contribution is 0.0392. The van der Waals surface area contributed by atoms with Crippen molar-refractivity contribution in [2.24, 2.45) is 5.92 Å². The second kappa shape index (κ2) is 9.14. The summed E-state index contributed by atoms with van der Waals surface area (Å²) in [6.07, 6.45) is 1.70. The Morgan fingerprint density at radius 1 is 1.29 bits per heavy atom. The van der Waals surface area contributed by atoms with E-state index in [-0.39, 0.29) is 19.5 Å². The maximum Gasteiger partial charge on any atom is 0.407 e. The zero-order valence-corrected chi connectivity index (χ0v) is 19.1. The molecule has 0 radical (unpaired) electrons. The summed E-state index contributed by atoms with van der Waals surface area (Å²) >= 11 is 0. The molecule has 2 fully saturated rings. The molecule has 0 spiro atoms. The predicted molar refractivity (Wildman–Crippen MR) is 124 cm³/mol. The fraction of sp³-hybridized carbons (Fsp3) is 0.417. The lowest BCUT2D eigenvalue weighted by Gasteiger charge is -2.34. The number of rotatable bonds is 6. The fourth-order valence-corrected chi connectivity index (χ4v) is 4.42. The molecule has 2 aliphatic rings. The molecule has 10 nitrogen and oxygen atoms in total. The van der Waals surface area contributed by atoms with Gasteiger partial charge in [0.1, 0.15) is 29.1 Å². The van der Waals surface area contributed by atoms with Crippen molar-refractivity contribution in [2.45, 2.75) is 38.3 Å². The number of piperidine rings is 1. The Morgan fingerprint density at radius 3 is 2.80 bits per heavy atom. The number of aromatic amines is 1. The molecule has 4 N–H and O–H groups in total. The van der Waals surface area contributed by atoms with Gasteiger partial charge in [0.25, 0.3) is 5.91 Å². The molecular formula is C24H26FN5O5.